The van der Waals surface area contributed by atoms with Crippen LogP contribution in [-0.2, 0) is 9.59 Å². The van der Waals surface area contributed by atoms with Crippen molar-refractivity contribution in [2.45, 2.75) is 26.0 Å². The zero-order valence-corrected chi connectivity index (χ0v) is 17.8. The van der Waals surface area contributed by atoms with E-state index in [-0.39, 0.29) is 41.8 Å². The lowest BCUT2D eigenvalue weighted by molar-refractivity contribution is -0.119. The smallest absolute Gasteiger partial charge is 0.387 e. The fourth-order valence-corrected chi connectivity index (χ4v) is 3.53. The van der Waals surface area contributed by atoms with E-state index in [2.05, 4.69) is 10.1 Å². The summed E-state index contributed by atoms with van der Waals surface area (Å²) in [5.74, 6) is -1.32. The predicted octanol–water partition coefficient (Wildman–Crippen LogP) is 3.13. The van der Waals surface area contributed by atoms with Crippen molar-refractivity contribution in [1.29, 1.82) is 0 Å². The van der Waals surface area contributed by atoms with Gasteiger partial charge in [0.15, 0.2) is 11.5 Å². The third kappa shape index (κ3) is 4.96. The number of benzene rings is 2. The average molecular weight is 447 g/mol. The molecule has 3 amide bonds. The van der Waals surface area contributed by atoms with Crippen LogP contribution in [-0.4, -0.2) is 56.0 Å². The lowest BCUT2D eigenvalue weighted by Gasteiger charge is -2.29. The van der Waals surface area contributed by atoms with E-state index < -0.39 is 18.6 Å². The van der Waals surface area contributed by atoms with Gasteiger partial charge in [0, 0.05) is 25.1 Å². The van der Waals surface area contributed by atoms with Gasteiger partial charge in [-0.1, -0.05) is 12.1 Å². The van der Waals surface area contributed by atoms with Gasteiger partial charge >= 0.3 is 6.61 Å². The SMILES string of the molecule is COc1cc(C(=O)N(C)CC(=O)N2c3ccccc3NC(=O)CC2C)ccc1OC(F)F. The highest BCUT2D eigenvalue weighted by Crippen LogP contribution is 2.32. The molecule has 1 N–H and O–H groups in total. The lowest BCUT2D eigenvalue weighted by atomic mass is 10.1. The average Bonchev–Trinajstić information content (AvgIpc) is 2.87. The van der Waals surface area contributed by atoms with Crippen molar-refractivity contribution in [1.82, 2.24) is 4.90 Å². The number of amides is 3. The molecule has 0 radical (unpaired) electrons. The molecule has 32 heavy (non-hydrogen) atoms. The number of methoxy groups -OCH3 is 1. The highest BCUT2D eigenvalue weighted by molar-refractivity contribution is 6.06. The van der Waals surface area contributed by atoms with Gasteiger partial charge < -0.3 is 24.6 Å². The Labute approximate surface area is 183 Å². The van der Waals surface area contributed by atoms with Crippen LogP contribution in [0, 0.1) is 0 Å². The second-order valence-electron chi connectivity index (χ2n) is 7.29. The summed E-state index contributed by atoms with van der Waals surface area (Å²) >= 11 is 0. The van der Waals surface area contributed by atoms with E-state index in [9.17, 15) is 23.2 Å². The van der Waals surface area contributed by atoms with Gasteiger partial charge in [0.25, 0.3) is 5.91 Å². The molecule has 1 heterocycles. The number of anilines is 2. The summed E-state index contributed by atoms with van der Waals surface area (Å²) in [7, 11) is 2.72. The van der Waals surface area contributed by atoms with Crippen LogP contribution in [0.4, 0.5) is 20.2 Å². The number of halogens is 2. The van der Waals surface area contributed by atoms with Crippen LogP contribution in [0.25, 0.3) is 0 Å². The zero-order valence-electron chi connectivity index (χ0n) is 17.8. The Morgan fingerprint density at radius 2 is 1.94 bits per heavy atom. The highest BCUT2D eigenvalue weighted by Gasteiger charge is 2.30. The minimum atomic E-state index is -3.04. The maximum Gasteiger partial charge on any atom is 0.387 e. The van der Waals surface area contributed by atoms with Crippen molar-refractivity contribution >= 4 is 29.1 Å². The summed E-state index contributed by atoms with van der Waals surface area (Å²) in [4.78, 5) is 40.8. The molecule has 1 atom stereocenters. The quantitative estimate of drug-likeness (QED) is 0.735. The normalized spacial score (nSPS) is 15.5. The molecule has 170 valence electrons. The Balaban J connectivity index is 1.79. The van der Waals surface area contributed by atoms with Gasteiger partial charge in [0.05, 0.1) is 18.5 Å². The number of carbonyl (C=O) groups is 3. The Morgan fingerprint density at radius 3 is 2.62 bits per heavy atom. The molecular weight excluding hydrogens is 424 g/mol. The van der Waals surface area contributed by atoms with E-state index in [1.54, 1.807) is 31.2 Å². The number of hydrogen-bond donors (Lipinski definition) is 1. The number of alkyl halides is 2. The second kappa shape index (κ2) is 9.63. The number of nitrogens with one attached hydrogen (secondary N) is 1. The Hall–Kier alpha value is -3.69. The van der Waals surface area contributed by atoms with Crippen LogP contribution >= 0.6 is 0 Å². The van der Waals surface area contributed by atoms with Crippen LogP contribution in [0.2, 0.25) is 0 Å². The molecule has 0 saturated carbocycles. The minimum absolute atomic E-state index is 0.0319. The van der Waals surface area contributed by atoms with Gasteiger partial charge in [0.1, 0.15) is 6.54 Å². The van der Waals surface area contributed by atoms with Crippen LogP contribution in [0.5, 0.6) is 11.5 Å². The highest BCUT2D eigenvalue weighted by atomic mass is 19.3. The van der Waals surface area contributed by atoms with Crippen LogP contribution in [0.1, 0.15) is 23.7 Å². The predicted molar refractivity (Wildman–Crippen MR) is 113 cm³/mol. The number of hydrogen-bond acceptors (Lipinski definition) is 5. The van der Waals surface area contributed by atoms with Gasteiger partial charge in [-0.2, -0.15) is 8.78 Å². The Bertz CT molecular complexity index is 1030. The Morgan fingerprint density at radius 1 is 1.22 bits per heavy atom. The molecule has 0 aliphatic carbocycles. The first-order valence-corrected chi connectivity index (χ1v) is 9.80. The summed E-state index contributed by atoms with van der Waals surface area (Å²) in [6.45, 7) is -1.54. The fraction of sp³-hybridized carbons (Fsp3) is 0.318. The van der Waals surface area contributed by atoms with Gasteiger partial charge in [-0.3, -0.25) is 14.4 Å². The molecule has 1 aliphatic rings. The monoisotopic (exact) mass is 447 g/mol. The fourth-order valence-electron chi connectivity index (χ4n) is 3.53. The van der Waals surface area contributed by atoms with Crippen LogP contribution in [0.15, 0.2) is 42.5 Å². The number of nitrogens with zero attached hydrogens (tertiary/aromatic N) is 2. The van der Waals surface area contributed by atoms with Crippen molar-refractivity contribution < 1.29 is 32.6 Å². The zero-order chi connectivity index (χ0) is 23.4. The first-order valence-electron chi connectivity index (χ1n) is 9.80. The molecule has 2 aromatic carbocycles. The number of ether oxygens (including phenoxy) is 2. The lowest BCUT2D eigenvalue weighted by Crippen LogP contribution is -2.45. The molecule has 1 unspecified atom stereocenters. The van der Waals surface area contributed by atoms with Gasteiger partial charge in [-0.05, 0) is 37.3 Å². The third-order valence-electron chi connectivity index (χ3n) is 4.97. The van der Waals surface area contributed by atoms with Crippen LogP contribution < -0.4 is 19.7 Å². The summed E-state index contributed by atoms with van der Waals surface area (Å²) in [6, 6.07) is 10.3. The van der Waals surface area contributed by atoms with Crippen LogP contribution in [0.3, 0.4) is 0 Å². The molecule has 8 nitrogen and oxygen atoms in total. The first kappa shape index (κ1) is 23.0. The van der Waals surface area contributed by atoms with Gasteiger partial charge in [0.2, 0.25) is 11.8 Å². The van der Waals surface area contributed by atoms with Crippen molar-refractivity contribution in [3.8, 4) is 11.5 Å². The number of likely N-dealkylation sites (N-methyl/N-ethyl adjacent to an activating group) is 1. The molecular formula is C22H23F2N3O5. The molecule has 3 rings (SSSR count). The number of para-hydroxylation sites is 2. The standard InChI is InChI=1S/C22H23F2N3O5/c1-13-10-19(28)25-15-6-4-5-7-16(15)27(13)20(29)12-26(2)21(30)14-8-9-17(32-22(23)24)18(11-14)31-3/h4-9,11,13,22H,10,12H2,1-3H3,(H,25,28). The molecule has 0 spiro atoms. The van der Waals surface area contributed by atoms with E-state index in [4.69, 9.17) is 4.74 Å². The summed E-state index contributed by atoms with van der Waals surface area (Å²) in [6.07, 6.45) is 0.112. The summed E-state index contributed by atoms with van der Waals surface area (Å²) in [5, 5.41) is 2.78. The topological polar surface area (TPSA) is 88.2 Å². The minimum Gasteiger partial charge on any atom is -0.493 e. The maximum absolute atomic E-state index is 13.1. The number of rotatable bonds is 6. The number of fused-ring (bicyclic) bond motifs is 1. The van der Waals surface area contributed by atoms with E-state index in [0.717, 1.165) is 0 Å². The van der Waals surface area contributed by atoms with Crippen molar-refractivity contribution in [3.63, 3.8) is 0 Å². The van der Waals surface area contributed by atoms with Crippen molar-refractivity contribution in [3.05, 3.63) is 48.0 Å². The van der Waals surface area contributed by atoms with Gasteiger partial charge in [-0.15, -0.1) is 0 Å². The molecule has 2 aromatic rings. The van der Waals surface area contributed by atoms with E-state index in [1.807, 2.05) is 0 Å². The Kier molecular flexibility index (Phi) is 6.92. The molecule has 0 saturated heterocycles. The molecule has 1 aliphatic heterocycles. The molecule has 10 heteroatoms. The third-order valence-corrected chi connectivity index (χ3v) is 4.97. The maximum atomic E-state index is 13.1. The molecule has 0 fully saturated rings. The van der Waals surface area contributed by atoms with E-state index in [0.29, 0.717) is 11.4 Å². The van der Waals surface area contributed by atoms with E-state index in [1.165, 1.54) is 42.2 Å². The first-order chi connectivity index (χ1) is 15.2. The van der Waals surface area contributed by atoms with E-state index >= 15 is 0 Å². The summed E-state index contributed by atoms with van der Waals surface area (Å²) in [5.41, 5.74) is 1.20. The summed E-state index contributed by atoms with van der Waals surface area (Å²) < 4.78 is 34.4. The largest absolute Gasteiger partial charge is 0.493 e. The number of carbonyl (C=O) groups excluding carboxylic acids is 3. The van der Waals surface area contributed by atoms with Crippen molar-refractivity contribution in [2.24, 2.45) is 0 Å². The second-order valence-corrected chi connectivity index (χ2v) is 7.29. The molecule has 0 aromatic heterocycles. The molecule has 0 bridgehead atoms. The van der Waals surface area contributed by atoms with Gasteiger partial charge in [-0.25, -0.2) is 0 Å². The van der Waals surface area contributed by atoms with Crippen molar-refractivity contribution in [2.75, 3.05) is 30.9 Å².